The van der Waals surface area contributed by atoms with E-state index >= 15 is 0 Å². The van der Waals surface area contributed by atoms with Crippen LogP contribution in [0.5, 0.6) is 0 Å². The van der Waals surface area contributed by atoms with Gasteiger partial charge in [0.25, 0.3) is 0 Å². The van der Waals surface area contributed by atoms with Crippen molar-refractivity contribution in [3.05, 3.63) is 35.8 Å². The van der Waals surface area contributed by atoms with Gasteiger partial charge in [-0.25, -0.2) is 4.39 Å². The van der Waals surface area contributed by atoms with E-state index < -0.39 is 0 Å². The summed E-state index contributed by atoms with van der Waals surface area (Å²) in [5.41, 5.74) is 1.59. The molecule has 1 fully saturated rings. The molecule has 0 unspecified atom stereocenters. The maximum Gasteiger partial charge on any atom is 0.142 e. The number of likely N-dealkylation sites (tertiary alicyclic amines) is 1. The standard InChI is InChI=1S/C14H23FN2/c1-5-11(2)10-14(15)12(3)17-8-6-13(16-4)7-9-17/h5,10,13,16H,1,6-9H2,2-4H3/b11-10-,14-12-. The second kappa shape index (κ2) is 6.60. The molecule has 1 aliphatic heterocycles. The van der Waals surface area contributed by atoms with Crippen LogP contribution in [-0.2, 0) is 0 Å². The first kappa shape index (κ1) is 14.0. The zero-order valence-corrected chi connectivity index (χ0v) is 11.1. The lowest BCUT2D eigenvalue weighted by Gasteiger charge is -2.34. The molecule has 0 aromatic rings. The molecule has 3 heteroatoms. The lowest BCUT2D eigenvalue weighted by molar-refractivity contribution is 0.243. The van der Waals surface area contributed by atoms with Gasteiger partial charge in [-0.05, 0) is 45.4 Å². The highest BCUT2D eigenvalue weighted by Gasteiger charge is 2.19. The third-order valence-electron chi connectivity index (χ3n) is 3.40. The molecule has 1 saturated heterocycles. The molecule has 0 radical (unpaired) electrons. The molecule has 2 nitrogen and oxygen atoms in total. The Hall–Kier alpha value is -1.09. The number of nitrogens with one attached hydrogen (secondary N) is 1. The van der Waals surface area contributed by atoms with Crippen molar-refractivity contribution in [1.82, 2.24) is 10.2 Å². The molecule has 1 heterocycles. The van der Waals surface area contributed by atoms with Crippen molar-refractivity contribution in [3.8, 4) is 0 Å². The average molecular weight is 238 g/mol. The Morgan fingerprint density at radius 1 is 1.35 bits per heavy atom. The van der Waals surface area contributed by atoms with Gasteiger partial charge in [0.2, 0.25) is 0 Å². The third kappa shape index (κ3) is 4.00. The van der Waals surface area contributed by atoms with Crippen LogP contribution in [0.25, 0.3) is 0 Å². The molecule has 0 amide bonds. The number of hydrogen-bond acceptors (Lipinski definition) is 2. The van der Waals surface area contributed by atoms with Gasteiger partial charge in [0.05, 0.1) is 0 Å². The number of rotatable bonds is 4. The fourth-order valence-electron chi connectivity index (χ4n) is 2.02. The van der Waals surface area contributed by atoms with Crippen LogP contribution in [0.1, 0.15) is 26.7 Å². The zero-order valence-electron chi connectivity index (χ0n) is 11.1. The highest BCUT2D eigenvalue weighted by Crippen LogP contribution is 2.19. The number of piperidine rings is 1. The van der Waals surface area contributed by atoms with Gasteiger partial charge in [0.1, 0.15) is 5.83 Å². The molecule has 1 rings (SSSR count). The molecule has 0 aromatic carbocycles. The Kier molecular flexibility index (Phi) is 5.42. The minimum atomic E-state index is -0.148. The summed E-state index contributed by atoms with van der Waals surface area (Å²) in [5.74, 6) is -0.148. The van der Waals surface area contributed by atoms with Gasteiger partial charge >= 0.3 is 0 Å². The monoisotopic (exact) mass is 238 g/mol. The molecule has 17 heavy (non-hydrogen) atoms. The van der Waals surface area contributed by atoms with Crippen LogP contribution in [0.15, 0.2) is 35.8 Å². The van der Waals surface area contributed by atoms with Crippen molar-refractivity contribution >= 4 is 0 Å². The van der Waals surface area contributed by atoms with Gasteiger partial charge in [-0.1, -0.05) is 12.7 Å². The van der Waals surface area contributed by atoms with E-state index in [0.29, 0.717) is 6.04 Å². The lowest BCUT2D eigenvalue weighted by Crippen LogP contribution is -2.40. The molecule has 0 aromatic heterocycles. The largest absolute Gasteiger partial charge is 0.373 e. The van der Waals surface area contributed by atoms with Crippen molar-refractivity contribution in [1.29, 1.82) is 0 Å². The van der Waals surface area contributed by atoms with Crippen molar-refractivity contribution in [2.45, 2.75) is 32.7 Å². The third-order valence-corrected chi connectivity index (χ3v) is 3.40. The summed E-state index contributed by atoms with van der Waals surface area (Å²) in [6, 6.07) is 0.576. The van der Waals surface area contributed by atoms with E-state index in [2.05, 4.69) is 16.8 Å². The summed E-state index contributed by atoms with van der Waals surface area (Å²) in [6.45, 7) is 9.18. The SMILES string of the molecule is C=C/C(C)=C\C(F)=C(/C)N1CCC(NC)CC1. The number of nitrogens with zero attached hydrogens (tertiary/aromatic N) is 1. The molecule has 0 bridgehead atoms. The van der Waals surface area contributed by atoms with E-state index in [9.17, 15) is 4.39 Å². The molecular formula is C14H23FN2. The Morgan fingerprint density at radius 2 is 1.94 bits per heavy atom. The average Bonchev–Trinajstić information content (AvgIpc) is 2.37. The second-order valence-corrected chi connectivity index (χ2v) is 4.58. The fourth-order valence-corrected chi connectivity index (χ4v) is 2.02. The lowest BCUT2D eigenvalue weighted by atomic mass is 10.0. The Morgan fingerprint density at radius 3 is 2.41 bits per heavy atom. The van der Waals surface area contributed by atoms with E-state index in [4.69, 9.17) is 0 Å². The summed E-state index contributed by atoms with van der Waals surface area (Å²) >= 11 is 0. The highest BCUT2D eigenvalue weighted by molar-refractivity contribution is 5.26. The Bertz CT molecular complexity index is 323. The quantitative estimate of drug-likeness (QED) is 0.757. The van der Waals surface area contributed by atoms with Crippen LogP contribution in [0, 0.1) is 0 Å². The first-order valence-electron chi connectivity index (χ1n) is 6.17. The maximum absolute atomic E-state index is 13.9. The van der Waals surface area contributed by atoms with Gasteiger partial charge in [-0.15, -0.1) is 0 Å². The minimum Gasteiger partial charge on any atom is -0.373 e. The van der Waals surface area contributed by atoms with Gasteiger partial charge in [0, 0.05) is 24.8 Å². The van der Waals surface area contributed by atoms with Crippen LogP contribution >= 0.6 is 0 Å². The van der Waals surface area contributed by atoms with Gasteiger partial charge in [0.15, 0.2) is 0 Å². The second-order valence-electron chi connectivity index (χ2n) is 4.58. The van der Waals surface area contributed by atoms with Gasteiger partial charge in [-0.2, -0.15) is 0 Å². The molecule has 96 valence electrons. The van der Waals surface area contributed by atoms with Crippen LogP contribution in [0.4, 0.5) is 4.39 Å². The smallest absolute Gasteiger partial charge is 0.142 e. The van der Waals surface area contributed by atoms with Gasteiger partial charge < -0.3 is 10.2 Å². The van der Waals surface area contributed by atoms with Crippen molar-refractivity contribution in [3.63, 3.8) is 0 Å². The van der Waals surface area contributed by atoms with E-state index in [0.717, 1.165) is 37.2 Å². The molecule has 1 N–H and O–H groups in total. The van der Waals surface area contributed by atoms with Crippen molar-refractivity contribution < 1.29 is 4.39 Å². The molecule has 0 atom stereocenters. The van der Waals surface area contributed by atoms with Crippen LogP contribution in [-0.4, -0.2) is 31.1 Å². The van der Waals surface area contributed by atoms with Gasteiger partial charge in [-0.3, -0.25) is 0 Å². The number of halogens is 1. The highest BCUT2D eigenvalue weighted by atomic mass is 19.1. The van der Waals surface area contributed by atoms with Crippen LogP contribution < -0.4 is 5.32 Å². The summed E-state index contributed by atoms with van der Waals surface area (Å²) in [4.78, 5) is 2.12. The molecule has 0 spiro atoms. The molecule has 1 aliphatic rings. The number of allylic oxidation sites excluding steroid dienone is 5. The summed E-state index contributed by atoms with van der Waals surface area (Å²) in [7, 11) is 1.99. The predicted octanol–water partition coefficient (Wildman–Crippen LogP) is 3.00. The van der Waals surface area contributed by atoms with Crippen LogP contribution in [0.3, 0.4) is 0 Å². The first-order valence-corrected chi connectivity index (χ1v) is 6.17. The van der Waals surface area contributed by atoms with E-state index in [1.54, 1.807) is 12.2 Å². The Labute approximate surface area is 104 Å². The van der Waals surface area contributed by atoms with Crippen LogP contribution in [0.2, 0.25) is 0 Å². The topological polar surface area (TPSA) is 15.3 Å². The normalized spacial score (nSPS) is 20.2. The van der Waals surface area contributed by atoms with Crippen molar-refractivity contribution in [2.24, 2.45) is 0 Å². The summed E-state index contributed by atoms with van der Waals surface area (Å²) in [6.07, 6.45) is 5.36. The van der Waals surface area contributed by atoms with E-state index in [1.807, 2.05) is 20.9 Å². The van der Waals surface area contributed by atoms with Crippen molar-refractivity contribution in [2.75, 3.05) is 20.1 Å². The molecule has 0 aliphatic carbocycles. The zero-order chi connectivity index (χ0) is 12.8. The summed E-state index contributed by atoms with van der Waals surface area (Å²) in [5, 5.41) is 3.27. The minimum absolute atomic E-state index is 0.148. The maximum atomic E-state index is 13.9. The Balaban J connectivity index is 2.67. The summed E-state index contributed by atoms with van der Waals surface area (Å²) < 4.78 is 13.9. The van der Waals surface area contributed by atoms with E-state index in [-0.39, 0.29) is 5.83 Å². The fraction of sp³-hybridized carbons (Fsp3) is 0.571. The predicted molar refractivity (Wildman–Crippen MR) is 71.4 cm³/mol. The molecular weight excluding hydrogens is 215 g/mol. The van der Waals surface area contributed by atoms with E-state index in [1.165, 1.54) is 0 Å². The molecule has 0 saturated carbocycles. The first-order chi connectivity index (χ1) is 8.08. The number of hydrogen-bond donors (Lipinski definition) is 1.